The first-order chi connectivity index (χ1) is 31.7. The maximum atomic E-state index is 2.67. The molecule has 5 aliphatic carbocycles. The molecule has 15 rings (SSSR count). The quantitative estimate of drug-likeness (QED) is 0.161. The van der Waals surface area contributed by atoms with E-state index in [-0.39, 0.29) is 5.41 Å². The van der Waals surface area contributed by atoms with Crippen molar-refractivity contribution in [2.75, 3.05) is 4.90 Å². The van der Waals surface area contributed by atoms with Crippen LogP contribution in [0.15, 0.2) is 200 Å². The van der Waals surface area contributed by atoms with Crippen LogP contribution >= 0.6 is 11.3 Å². The molecule has 64 heavy (non-hydrogen) atoms. The first-order valence-electron chi connectivity index (χ1n) is 23.4. The molecule has 5 aliphatic rings. The van der Waals surface area contributed by atoms with E-state index in [1.165, 1.54) is 118 Å². The predicted molar refractivity (Wildman–Crippen MR) is 269 cm³/mol. The summed E-state index contributed by atoms with van der Waals surface area (Å²) in [6, 6.07) is 76.0. The first kappa shape index (κ1) is 35.7. The van der Waals surface area contributed by atoms with Crippen LogP contribution in [0, 0.1) is 29.1 Å². The molecular weight excluding hydrogens is 791 g/mol. The SMILES string of the molecule is c1ccc(-c2cccc3cccc(-c4ccccc4N(c4ccc5c(c4)C4(c6ccccc6-5)C5CC6CC7CC4C75C6)c4ccccc4-c4cccc5sc6ccccc6c45)c23)cc1. The third-order valence-electron chi connectivity index (χ3n) is 17.1. The van der Waals surface area contributed by atoms with Crippen molar-refractivity contribution >= 4 is 59.3 Å². The van der Waals surface area contributed by atoms with Gasteiger partial charge in [0.05, 0.1) is 11.4 Å². The number of fused-ring (bicyclic) bond motifs is 12. The molecule has 6 unspecified atom stereocenters. The minimum absolute atomic E-state index is 0.0969. The molecule has 6 atom stereocenters. The second-order valence-electron chi connectivity index (χ2n) is 19.6. The molecular formula is C62H45NS. The van der Waals surface area contributed by atoms with Crippen molar-refractivity contribution in [2.45, 2.75) is 31.1 Å². The lowest BCUT2D eigenvalue weighted by molar-refractivity contribution is -0.231. The zero-order valence-corrected chi connectivity index (χ0v) is 36.4. The van der Waals surface area contributed by atoms with Crippen molar-refractivity contribution in [3.8, 4) is 44.5 Å². The Labute approximate surface area is 378 Å². The van der Waals surface area contributed by atoms with E-state index in [9.17, 15) is 0 Å². The smallest absolute Gasteiger partial charge is 0.0540 e. The monoisotopic (exact) mass is 835 g/mol. The summed E-state index contributed by atoms with van der Waals surface area (Å²) in [6.07, 6.45) is 5.73. The van der Waals surface area contributed by atoms with Crippen LogP contribution in [0.5, 0.6) is 0 Å². The van der Waals surface area contributed by atoms with Crippen LogP contribution in [-0.2, 0) is 5.41 Å². The number of benzene rings is 9. The van der Waals surface area contributed by atoms with E-state index < -0.39 is 0 Å². The van der Waals surface area contributed by atoms with E-state index in [4.69, 9.17) is 0 Å². The van der Waals surface area contributed by atoms with Gasteiger partial charge in [-0.05, 0) is 146 Å². The Morgan fingerprint density at radius 2 is 1.05 bits per heavy atom. The van der Waals surface area contributed by atoms with Crippen LogP contribution in [0.2, 0.25) is 0 Å². The molecule has 2 heteroatoms. The summed E-state index contributed by atoms with van der Waals surface area (Å²) < 4.78 is 2.65. The van der Waals surface area contributed by atoms with Crippen molar-refractivity contribution in [1.82, 2.24) is 0 Å². The second-order valence-corrected chi connectivity index (χ2v) is 20.6. The van der Waals surface area contributed by atoms with Crippen molar-refractivity contribution in [3.05, 3.63) is 211 Å². The van der Waals surface area contributed by atoms with Crippen LogP contribution in [0.25, 0.3) is 75.5 Å². The zero-order chi connectivity index (χ0) is 41.7. The topological polar surface area (TPSA) is 3.24 Å². The summed E-state index contributed by atoms with van der Waals surface area (Å²) in [6.45, 7) is 0. The number of para-hydroxylation sites is 2. The third-order valence-corrected chi connectivity index (χ3v) is 18.3. The number of anilines is 3. The highest BCUT2D eigenvalue weighted by Gasteiger charge is 2.84. The molecule has 1 nitrogen and oxygen atoms in total. The molecule has 4 fully saturated rings. The van der Waals surface area contributed by atoms with E-state index >= 15 is 0 Å². The molecule has 0 aliphatic heterocycles. The number of nitrogens with zero attached hydrogens (tertiary/aromatic N) is 1. The van der Waals surface area contributed by atoms with Crippen LogP contribution < -0.4 is 4.90 Å². The highest BCUT2D eigenvalue weighted by molar-refractivity contribution is 7.25. The van der Waals surface area contributed by atoms with Gasteiger partial charge in [-0.1, -0.05) is 164 Å². The van der Waals surface area contributed by atoms with Gasteiger partial charge < -0.3 is 4.90 Å². The minimum Gasteiger partial charge on any atom is -0.309 e. The molecule has 1 heterocycles. The Balaban J connectivity index is 1.01. The van der Waals surface area contributed by atoms with Gasteiger partial charge in [-0.15, -0.1) is 11.3 Å². The normalized spacial score (nSPS) is 24.1. The van der Waals surface area contributed by atoms with Gasteiger partial charge >= 0.3 is 0 Å². The van der Waals surface area contributed by atoms with Gasteiger partial charge in [0.15, 0.2) is 0 Å². The maximum Gasteiger partial charge on any atom is 0.0540 e. The minimum atomic E-state index is 0.0969. The summed E-state index contributed by atoms with van der Waals surface area (Å²) in [4.78, 5) is 2.64. The maximum absolute atomic E-state index is 2.67. The average Bonchev–Trinajstić information content (AvgIpc) is 4.09. The Bertz CT molecular complexity index is 3580. The highest BCUT2D eigenvalue weighted by atomic mass is 32.1. The molecule has 0 radical (unpaired) electrons. The summed E-state index contributed by atoms with van der Waals surface area (Å²) in [7, 11) is 0. The Morgan fingerprint density at radius 1 is 0.438 bits per heavy atom. The van der Waals surface area contributed by atoms with E-state index in [1.54, 1.807) is 11.1 Å². The molecule has 0 amide bonds. The van der Waals surface area contributed by atoms with Gasteiger partial charge in [-0.2, -0.15) is 0 Å². The molecule has 0 saturated heterocycles. The van der Waals surface area contributed by atoms with Crippen molar-refractivity contribution in [1.29, 1.82) is 0 Å². The largest absolute Gasteiger partial charge is 0.309 e. The molecule has 1 aromatic heterocycles. The fourth-order valence-electron chi connectivity index (χ4n) is 15.1. The predicted octanol–water partition coefficient (Wildman–Crippen LogP) is 17.0. The van der Waals surface area contributed by atoms with Crippen molar-refractivity contribution < 1.29 is 0 Å². The molecule has 4 saturated carbocycles. The lowest BCUT2D eigenvalue weighted by Crippen LogP contribution is -2.73. The Morgan fingerprint density at radius 3 is 1.84 bits per heavy atom. The van der Waals surface area contributed by atoms with Crippen LogP contribution in [0.4, 0.5) is 17.1 Å². The number of hydrogen-bond acceptors (Lipinski definition) is 2. The van der Waals surface area contributed by atoms with Gasteiger partial charge in [0.1, 0.15) is 0 Å². The Hall–Kier alpha value is -6.74. The molecule has 2 spiro atoms. The first-order valence-corrected chi connectivity index (χ1v) is 24.2. The molecule has 9 aromatic carbocycles. The molecule has 0 N–H and O–H groups in total. The van der Waals surface area contributed by atoms with Crippen molar-refractivity contribution in [3.63, 3.8) is 0 Å². The second kappa shape index (κ2) is 12.9. The van der Waals surface area contributed by atoms with E-state index in [0.29, 0.717) is 5.41 Å². The van der Waals surface area contributed by atoms with Gasteiger partial charge in [-0.25, -0.2) is 0 Å². The zero-order valence-electron chi connectivity index (χ0n) is 35.5. The van der Waals surface area contributed by atoms with E-state index in [2.05, 4.69) is 205 Å². The van der Waals surface area contributed by atoms with E-state index in [1.807, 2.05) is 11.3 Å². The number of rotatable bonds is 6. The van der Waals surface area contributed by atoms with Gasteiger partial charge in [-0.3, -0.25) is 0 Å². The van der Waals surface area contributed by atoms with E-state index in [0.717, 1.165) is 23.7 Å². The number of thiophene rings is 1. The fourth-order valence-corrected chi connectivity index (χ4v) is 16.2. The lowest BCUT2D eigenvalue weighted by atomic mass is 9.27. The summed E-state index contributed by atoms with van der Waals surface area (Å²) in [5, 5.41) is 5.19. The molecule has 2 bridgehead atoms. The number of hydrogen-bond donors (Lipinski definition) is 0. The summed E-state index contributed by atoms with van der Waals surface area (Å²) in [5.41, 5.74) is 17.9. The lowest BCUT2D eigenvalue weighted by Gasteiger charge is -2.76. The average molecular weight is 836 g/mol. The summed E-state index contributed by atoms with van der Waals surface area (Å²) >= 11 is 1.90. The van der Waals surface area contributed by atoms with Gasteiger partial charge in [0.25, 0.3) is 0 Å². The van der Waals surface area contributed by atoms with Crippen LogP contribution in [0.1, 0.15) is 36.8 Å². The van der Waals surface area contributed by atoms with Gasteiger partial charge in [0, 0.05) is 42.4 Å². The third kappa shape index (κ3) is 4.45. The highest BCUT2D eigenvalue weighted by Crippen LogP contribution is 2.89. The molecule has 10 aromatic rings. The van der Waals surface area contributed by atoms with Crippen LogP contribution in [0.3, 0.4) is 0 Å². The fraction of sp³-hybridized carbons (Fsp3) is 0.161. The van der Waals surface area contributed by atoms with Crippen LogP contribution in [-0.4, -0.2) is 0 Å². The summed E-state index contributed by atoms with van der Waals surface area (Å²) in [5.74, 6) is 3.33. The molecule has 304 valence electrons. The van der Waals surface area contributed by atoms with Crippen molar-refractivity contribution in [2.24, 2.45) is 29.1 Å². The standard InChI is InChI=1S/C62H45NS/c1-2-15-39(16-3-1)43-23-12-17-40-18-13-24-48(59(40)43)46-20-5-9-27-53(46)63(54-28-10-6-21-47(54)49-25-14-30-56-60(49)50-22-7-11-29-55(50)64-56)42-31-32-45-44-19-4-8-26-51(44)62(52(45)36-42)57-34-38-33-41-35-58(62)61(41,57)37-38/h1-32,36,38,41,57-58H,33-35,37H2. The van der Waals surface area contributed by atoms with Gasteiger partial charge in [0.2, 0.25) is 0 Å². The Kier molecular flexibility index (Phi) is 7.21.